The minimum absolute atomic E-state index is 0.254. The molecule has 0 spiro atoms. The molecule has 0 saturated carbocycles. The Morgan fingerprint density at radius 3 is 2.04 bits per heavy atom. The number of rotatable bonds is 6. The summed E-state index contributed by atoms with van der Waals surface area (Å²) in [6.45, 7) is 0.981. The van der Waals surface area contributed by atoms with Crippen LogP contribution in [0.4, 0.5) is 14.5 Å². The summed E-state index contributed by atoms with van der Waals surface area (Å²) < 4.78 is 32.4. The van der Waals surface area contributed by atoms with Crippen LogP contribution < -0.4 is 10.1 Å². The molecule has 0 saturated heterocycles. The molecular formula is C20H16BrF2NO. The second-order valence-electron chi connectivity index (χ2n) is 5.54. The zero-order chi connectivity index (χ0) is 17.6. The zero-order valence-electron chi connectivity index (χ0n) is 13.3. The molecule has 0 aliphatic carbocycles. The van der Waals surface area contributed by atoms with Gasteiger partial charge in [-0.2, -0.15) is 0 Å². The number of anilines is 1. The Morgan fingerprint density at radius 2 is 1.40 bits per heavy atom. The largest absolute Gasteiger partial charge is 0.488 e. The smallest absolute Gasteiger partial charge is 0.134 e. The topological polar surface area (TPSA) is 21.3 Å². The summed E-state index contributed by atoms with van der Waals surface area (Å²) in [5.41, 5.74) is 2.81. The van der Waals surface area contributed by atoms with Crippen molar-refractivity contribution in [1.82, 2.24) is 0 Å². The van der Waals surface area contributed by atoms with Crippen molar-refractivity contribution in [3.8, 4) is 5.75 Å². The molecule has 0 fully saturated rings. The number of benzene rings is 3. The number of hydrogen-bond donors (Lipinski definition) is 1. The van der Waals surface area contributed by atoms with Crippen molar-refractivity contribution in [3.05, 3.63) is 94.0 Å². The van der Waals surface area contributed by atoms with Crippen LogP contribution in [-0.2, 0) is 13.2 Å². The van der Waals surface area contributed by atoms with E-state index in [1.807, 2.05) is 18.2 Å². The van der Waals surface area contributed by atoms with Crippen LogP contribution in [0.5, 0.6) is 5.75 Å². The van der Waals surface area contributed by atoms with Crippen molar-refractivity contribution in [2.45, 2.75) is 13.2 Å². The lowest BCUT2D eigenvalue weighted by Crippen LogP contribution is -2.00. The van der Waals surface area contributed by atoms with E-state index in [1.165, 1.54) is 24.3 Å². The third kappa shape index (κ3) is 5.03. The molecule has 0 aliphatic rings. The third-order valence-corrected chi connectivity index (χ3v) is 4.26. The van der Waals surface area contributed by atoms with Gasteiger partial charge < -0.3 is 10.1 Å². The minimum Gasteiger partial charge on any atom is -0.488 e. The minimum atomic E-state index is -0.261. The molecule has 1 N–H and O–H groups in total. The van der Waals surface area contributed by atoms with Gasteiger partial charge in [0, 0.05) is 12.2 Å². The SMILES string of the molecule is Fc1ccc(COc2ccc(CNc3ccc(F)cc3)cc2Br)cc1. The van der Waals surface area contributed by atoms with Crippen LogP contribution in [0, 0.1) is 11.6 Å². The Morgan fingerprint density at radius 1 is 0.800 bits per heavy atom. The molecule has 0 amide bonds. The van der Waals surface area contributed by atoms with Gasteiger partial charge in [-0.1, -0.05) is 18.2 Å². The van der Waals surface area contributed by atoms with Crippen LogP contribution >= 0.6 is 15.9 Å². The van der Waals surface area contributed by atoms with Gasteiger partial charge in [0.1, 0.15) is 24.0 Å². The van der Waals surface area contributed by atoms with E-state index in [4.69, 9.17) is 4.74 Å². The molecule has 25 heavy (non-hydrogen) atoms. The van der Waals surface area contributed by atoms with Crippen LogP contribution in [0.15, 0.2) is 71.2 Å². The third-order valence-electron chi connectivity index (χ3n) is 3.64. The monoisotopic (exact) mass is 403 g/mol. The maximum atomic E-state index is 12.9. The normalized spacial score (nSPS) is 10.5. The van der Waals surface area contributed by atoms with Crippen molar-refractivity contribution in [1.29, 1.82) is 0 Å². The molecule has 0 radical (unpaired) electrons. The Balaban J connectivity index is 1.58. The lowest BCUT2D eigenvalue weighted by atomic mass is 10.2. The van der Waals surface area contributed by atoms with Crippen molar-refractivity contribution >= 4 is 21.6 Å². The summed E-state index contributed by atoms with van der Waals surface area (Å²) >= 11 is 3.51. The average Bonchev–Trinajstić information content (AvgIpc) is 2.62. The quantitative estimate of drug-likeness (QED) is 0.551. The highest BCUT2D eigenvalue weighted by Crippen LogP contribution is 2.27. The Labute approximate surface area is 153 Å². The van der Waals surface area contributed by atoms with Crippen LogP contribution in [0.3, 0.4) is 0 Å². The molecular weight excluding hydrogens is 388 g/mol. The van der Waals surface area contributed by atoms with Crippen LogP contribution in [-0.4, -0.2) is 0 Å². The Hall–Kier alpha value is -2.40. The highest BCUT2D eigenvalue weighted by molar-refractivity contribution is 9.10. The first-order chi connectivity index (χ1) is 12.1. The van der Waals surface area contributed by atoms with Crippen molar-refractivity contribution in [2.75, 3.05) is 5.32 Å². The van der Waals surface area contributed by atoms with Gasteiger partial charge in [0.25, 0.3) is 0 Å². The molecule has 0 atom stereocenters. The van der Waals surface area contributed by atoms with Gasteiger partial charge in [-0.3, -0.25) is 0 Å². The number of halogens is 3. The van der Waals surface area contributed by atoms with Crippen molar-refractivity contribution in [3.63, 3.8) is 0 Å². The molecule has 0 aromatic heterocycles. The van der Waals surface area contributed by atoms with Gasteiger partial charge in [0.2, 0.25) is 0 Å². The fraction of sp³-hybridized carbons (Fsp3) is 0.100. The van der Waals surface area contributed by atoms with E-state index in [0.717, 1.165) is 27.0 Å². The second kappa shape index (κ2) is 8.12. The average molecular weight is 404 g/mol. The number of hydrogen-bond acceptors (Lipinski definition) is 2. The first-order valence-corrected chi connectivity index (χ1v) is 8.54. The van der Waals surface area contributed by atoms with Crippen molar-refractivity contribution < 1.29 is 13.5 Å². The summed E-state index contributed by atoms with van der Waals surface area (Å²) in [6.07, 6.45) is 0. The molecule has 128 valence electrons. The number of ether oxygens (including phenoxy) is 1. The van der Waals surface area contributed by atoms with Crippen LogP contribution in [0.25, 0.3) is 0 Å². The molecule has 3 aromatic rings. The molecule has 5 heteroatoms. The van der Waals surface area contributed by atoms with E-state index in [0.29, 0.717) is 13.2 Å². The van der Waals surface area contributed by atoms with E-state index < -0.39 is 0 Å². The van der Waals surface area contributed by atoms with E-state index >= 15 is 0 Å². The maximum absolute atomic E-state index is 12.9. The predicted molar refractivity (Wildman–Crippen MR) is 98.6 cm³/mol. The molecule has 0 aliphatic heterocycles. The standard InChI is InChI=1S/C20H16BrF2NO/c21-19-11-15(12-24-18-8-6-17(23)7-9-18)3-10-20(19)25-13-14-1-4-16(22)5-2-14/h1-11,24H,12-13H2. The lowest BCUT2D eigenvalue weighted by molar-refractivity contribution is 0.304. The summed E-state index contributed by atoms with van der Waals surface area (Å²) in [5, 5.41) is 3.23. The Kier molecular flexibility index (Phi) is 5.66. The molecule has 0 heterocycles. The fourth-order valence-electron chi connectivity index (χ4n) is 2.28. The summed E-state index contributed by atoms with van der Waals surface area (Å²) in [4.78, 5) is 0. The highest BCUT2D eigenvalue weighted by atomic mass is 79.9. The fourth-order valence-corrected chi connectivity index (χ4v) is 2.83. The van der Waals surface area contributed by atoms with Gasteiger partial charge in [-0.15, -0.1) is 0 Å². The Bertz CT molecular complexity index is 835. The van der Waals surface area contributed by atoms with Gasteiger partial charge >= 0.3 is 0 Å². The zero-order valence-corrected chi connectivity index (χ0v) is 14.9. The van der Waals surface area contributed by atoms with E-state index in [2.05, 4.69) is 21.2 Å². The molecule has 0 unspecified atom stereocenters. The van der Waals surface area contributed by atoms with Crippen LogP contribution in [0.1, 0.15) is 11.1 Å². The molecule has 3 rings (SSSR count). The van der Waals surface area contributed by atoms with Gasteiger partial charge in [0.15, 0.2) is 0 Å². The summed E-state index contributed by atoms with van der Waals surface area (Å²) in [6, 6.07) is 18.3. The maximum Gasteiger partial charge on any atom is 0.134 e. The van der Waals surface area contributed by atoms with Gasteiger partial charge in [0.05, 0.1) is 4.47 Å². The van der Waals surface area contributed by atoms with Crippen LogP contribution in [0.2, 0.25) is 0 Å². The second-order valence-corrected chi connectivity index (χ2v) is 6.39. The van der Waals surface area contributed by atoms with Crippen molar-refractivity contribution in [2.24, 2.45) is 0 Å². The summed E-state index contributed by atoms with van der Waals surface area (Å²) in [7, 11) is 0. The molecule has 3 aromatic carbocycles. The van der Waals surface area contributed by atoms with E-state index in [-0.39, 0.29) is 11.6 Å². The predicted octanol–water partition coefficient (Wildman–Crippen LogP) is 5.92. The van der Waals surface area contributed by atoms with Gasteiger partial charge in [-0.05, 0) is 75.6 Å². The number of nitrogens with one attached hydrogen (secondary N) is 1. The molecule has 0 bridgehead atoms. The first kappa shape index (κ1) is 17.4. The lowest BCUT2D eigenvalue weighted by Gasteiger charge is -2.11. The molecule has 2 nitrogen and oxygen atoms in total. The summed E-state index contributed by atoms with van der Waals surface area (Å²) in [5.74, 6) is 0.203. The van der Waals surface area contributed by atoms with E-state index in [9.17, 15) is 8.78 Å². The van der Waals surface area contributed by atoms with E-state index in [1.54, 1.807) is 24.3 Å². The highest BCUT2D eigenvalue weighted by Gasteiger charge is 2.04. The first-order valence-electron chi connectivity index (χ1n) is 7.75. The van der Waals surface area contributed by atoms with Gasteiger partial charge in [-0.25, -0.2) is 8.78 Å².